The van der Waals surface area contributed by atoms with Gasteiger partial charge >= 0.3 is 0 Å². The Hall–Kier alpha value is -2.83. The highest BCUT2D eigenvalue weighted by Gasteiger charge is 1.98. The molecule has 4 heteroatoms. The summed E-state index contributed by atoms with van der Waals surface area (Å²) in [6, 6.07) is 36.5. The van der Waals surface area contributed by atoms with E-state index in [1.54, 1.807) is 0 Å². The molecule has 0 heterocycles. The second kappa shape index (κ2) is 15.1. The lowest BCUT2D eigenvalue weighted by Gasteiger charge is -2.06. The van der Waals surface area contributed by atoms with Gasteiger partial charge in [-0.3, -0.25) is 0 Å². The highest BCUT2D eigenvalue weighted by molar-refractivity contribution is 14.1. The van der Waals surface area contributed by atoms with Gasteiger partial charge in [0.1, 0.15) is 24.7 Å². The van der Waals surface area contributed by atoms with Gasteiger partial charge < -0.3 is 14.6 Å². The van der Waals surface area contributed by atoms with Crippen LogP contribution in [0.5, 0.6) is 11.5 Å². The molecule has 0 fully saturated rings. The quantitative estimate of drug-likeness (QED) is 0.165. The fraction of sp³-hybridized carbons (Fsp3) is 0.200. The number of aliphatic hydroxyl groups is 1. The lowest BCUT2D eigenvalue weighted by molar-refractivity contribution is 0.298. The van der Waals surface area contributed by atoms with Crippen LogP contribution in [0.3, 0.4) is 0 Å². The Morgan fingerprint density at radius 2 is 0.912 bits per heavy atom. The number of hydrogen-bond donors (Lipinski definition) is 1. The van der Waals surface area contributed by atoms with Gasteiger partial charge in [0.25, 0.3) is 0 Å². The van der Waals surface area contributed by atoms with E-state index in [1.807, 2.05) is 84.9 Å². The Bertz CT molecular complexity index is 961. The third-order valence-corrected chi connectivity index (χ3v) is 5.67. The van der Waals surface area contributed by atoms with Crippen molar-refractivity contribution in [1.82, 2.24) is 0 Å². The second-order valence-corrected chi connectivity index (χ2v) is 8.83. The summed E-state index contributed by atoms with van der Waals surface area (Å²) in [4.78, 5) is 0. The highest BCUT2D eigenvalue weighted by atomic mass is 127. The summed E-state index contributed by atoms with van der Waals surface area (Å²) in [5, 5.41) is 8.81. The lowest BCUT2D eigenvalue weighted by atomic mass is 10.1. The Balaban J connectivity index is 0.000000191. The Labute approximate surface area is 216 Å². The number of halogens is 1. The van der Waals surface area contributed by atoms with Crippen molar-refractivity contribution in [3.8, 4) is 11.5 Å². The van der Waals surface area contributed by atoms with Crippen LogP contribution in [0.2, 0.25) is 0 Å². The van der Waals surface area contributed by atoms with E-state index in [9.17, 15) is 0 Å². The number of aryl methyl sites for hydroxylation is 1. The fourth-order valence-corrected chi connectivity index (χ4v) is 3.85. The van der Waals surface area contributed by atoms with Crippen molar-refractivity contribution in [1.29, 1.82) is 0 Å². The normalized spacial score (nSPS) is 10.2. The monoisotopic (exact) mass is 566 g/mol. The molecular formula is C30H31IO3. The van der Waals surface area contributed by atoms with Gasteiger partial charge in [-0.05, 0) is 59.4 Å². The first-order valence-corrected chi connectivity index (χ1v) is 13.0. The SMILES string of the molecule is ICCc1ccc(OCc2ccccc2)cc1.OCCc1ccc(OCc2ccccc2)cc1. The first-order valence-electron chi connectivity index (χ1n) is 11.4. The minimum absolute atomic E-state index is 0.185. The van der Waals surface area contributed by atoms with Crippen molar-refractivity contribution in [2.75, 3.05) is 11.0 Å². The largest absolute Gasteiger partial charge is 0.489 e. The molecule has 4 rings (SSSR count). The van der Waals surface area contributed by atoms with Gasteiger partial charge in [0.15, 0.2) is 0 Å². The zero-order chi connectivity index (χ0) is 23.8. The summed E-state index contributed by atoms with van der Waals surface area (Å²) in [5.74, 6) is 1.79. The van der Waals surface area contributed by atoms with Crippen LogP contribution in [-0.2, 0) is 26.1 Å². The summed E-state index contributed by atoms with van der Waals surface area (Å²) >= 11 is 2.39. The molecule has 0 amide bonds. The molecule has 0 aromatic heterocycles. The van der Waals surface area contributed by atoms with Crippen molar-refractivity contribution >= 4 is 22.6 Å². The van der Waals surface area contributed by atoms with Crippen molar-refractivity contribution in [3.05, 3.63) is 131 Å². The lowest BCUT2D eigenvalue weighted by Crippen LogP contribution is -1.95. The summed E-state index contributed by atoms with van der Waals surface area (Å²) in [6.07, 6.45) is 1.82. The number of aliphatic hydroxyl groups excluding tert-OH is 1. The van der Waals surface area contributed by atoms with Crippen molar-refractivity contribution < 1.29 is 14.6 Å². The van der Waals surface area contributed by atoms with Crippen molar-refractivity contribution in [2.45, 2.75) is 26.1 Å². The van der Waals surface area contributed by atoms with Gasteiger partial charge in [-0.15, -0.1) is 0 Å². The van der Waals surface area contributed by atoms with E-state index in [0.29, 0.717) is 19.6 Å². The summed E-state index contributed by atoms with van der Waals surface area (Å²) in [6.45, 7) is 1.40. The molecule has 0 aliphatic carbocycles. The van der Waals surface area contributed by atoms with Crippen LogP contribution in [-0.4, -0.2) is 16.1 Å². The summed E-state index contributed by atoms with van der Waals surface area (Å²) in [7, 11) is 0. The van der Waals surface area contributed by atoms with E-state index in [2.05, 4.69) is 46.9 Å². The van der Waals surface area contributed by atoms with E-state index in [1.165, 1.54) is 11.1 Å². The summed E-state index contributed by atoms with van der Waals surface area (Å²) < 4.78 is 12.5. The number of hydrogen-bond acceptors (Lipinski definition) is 3. The number of rotatable bonds is 10. The van der Waals surface area contributed by atoms with E-state index in [4.69, 9.17) is 14.6 Å². The number of alkyl halides is 1. The standard InChI is InChI=1S/C15H15IO.C15H16O2/c2*16-11-10-13-6-8-15(9-7-13)17-12-14-4-2-1-3-5-14/h1-9H,10-12H2;1-9,16H,10-12H2. The van der Waals surface area contributed by atoms with E-state index >= 15 is 0 Å². The minimum atomic E-state index is 0.185. The molecule has 3 nitrogen and oxygen atoms in total. The molecule has 0 spiro atoms. The number of ether oxygens (including phenoxy) is 2. The molecule has 4 aromatic carbocycles. The zero-order valence-corrected chi connectivity index (χ0v) is 21.4. The maximum absolute atomic E-state index is 8.81. The topological polar surface area (TPSA) is 38.7 Å². The van der Waals surface area contributed by atoms with Crippen LogP contribution < -0.4 is 9.47 Å². The van der Waals surface area contributed by atoms with Crippen LogP contribution in [0.15, 0.2) is 109 Å². The van der Waals surface area contributed by atoms with Gasteiger partial charge in [0, 0.05) is 11.0 Å². The summed E-state index contributed by atoms with van der Waals surface area (Å²) in [5.41, 5.74) is 4.85. The maximum Gasteiger partial charge on any atom is 0.119 e. The molecule has 4 aromatic rings. The van der Waals surface area contributed by atoms with Crippen LogP contribution in [0, 0.1) is 0 Å². The molecule has 0 aliphatic rings. The second-order valence-electron chi connectivity index (χ2n) is 7.75. The molecule has 0 unspecified atom stereocenters. The molecule has 0 atom stereocenters. The molecule has 0 aliphatic heterocycles. The van der Waals surface area contributed by atoms with Gasteiger partial charge in [0.2, 0.25) is 0 Å². The Kier molecular flexibility index (Phi) is 11.5. The van der Waals surface area contributed by atoms with E-state index in [-0.39, 0.29) is 6.61 Å². The van der Waals surface area contributed by atoms with Crippen LogP contribution in [0.25, 0.3) is 0 Å². The smallest absolute Gasteiger partial charge is 0.119 e. The van der Waals surface area contributed by atoms with Crippen LogP contribution >= 0.6 is 22.6 Å². The molecule has 0 radical (unpaired) electrons. The third-order valence-electron chi connectivity index (χ3n) is 5.13. The predicted octanol–water partition coefficient (Wildman–Crippen LogP) is 7.04. The first kappa shape index (κ1) is 25.8. The average Bonchev–Trinajstić information content (AvgIpc) is 2.90. The van der Waals surface area contributed by atoms with Gasteiger partial charge in [-0.25, -0.2) is 0 Å². The Morgan fingerprint density at radius 1 is 0.500 bits per heavy atom. The van der Waals surface area contributed by atoms with Crippen LogP contribution in [0.4, 0.5) is 0 Å². The van der Waals surface area contributed by atoms with E-state index in [0.717, 1.165) is 33.5 Å². The van der Waals surface area contributed by atoms with Crippen molar-refractivity contribution in [2.24, 2.45) is 0 Å². The third kappa shape index (κ3) is 9.57. The van der Waals surface area contributed by atoms with Gasteiger partial charge in [-0.1, -0.05) is 108 Å². The van der Waals surface area contributed by atoms with Gasteiger partial charge in [-0.2, -0.15) is 0 Å². The molecule has 0 saturated heterocycles. The molecule has 0 saturated carbocycles. The first-order chi connectivity index (χ1) is 16.8. The highest BCUT2D eigenvalue weighted by Crippen LogP contribution is 2.16. The fourth-order valence-electron chi connectivity index (χ4n) is 3.22. The zero-order valence-electron chi connectivity index (χ0n) is 19.3. The molecule has 1 N–H and O–H groups in total. The molecular weight excluding hydrogens is 535 g/mol. The average molecular weight is 566 g/mol. The molecule has 176 valence electrons. The maximum atomic E-state index is 8.81. The molecule has 34 heavy (non-hydrogen) atoms. The predicted molar refractivity (Wildman–Crippen MR) is 148 cm³/mol. The van der Waals surface area contributed by atoms with Gasteiger partial charge in [0.05, 0.1) is 0 Å². The van der Waals surface area contributed by atoms with E-state index < -0.39 is 0 Å². The molecule has 0 bridgehead atoms. The van der Waals surface area contributed by atoms with Crippen molar-refractivity contribution in [3.63, 3.8) is 0 Å². The minimum Gasteiger partial charge on any atom is -0.489 e. The van der Waals surface area contributed by atoms with Crippen LogP contribution in [0.1, 0.15) is 22.3 Å². The number of benzene rings is 4. The Morgan fingerprint density at radius 3 is 1.29 bits per heavy atom.